The topological polar surface area (TPSA) is 75.2 Å². The largest absolute Gasteiger partial charge is 0.355 e. The minimum absolute atomic E-state index is 0.0331. The van der Waals surface area contributed by atoms with Crippen LogP contribution in [0.2, 0.25) is 0 Å². The standard InChI is InChI=1S/C26H28N4O2/c31-24(20-9-4-3-5-10-20)14-16-26(32)27-22-12-8-11-21(19-22)23-13-15-25(29-28-23)30-17-6-1-2-7-18-30/h3-5,8-13,15,19H,1-2,6-7,14,16-18H2,(H,27,32). The maximum atomic E-state index is 12.3. The molecule has 1 aliphatic rings. The quantitative estimate of drug-likeness (QED) is 0.528. The van der Waals surface area contributed by atoms with Crippen molar-refractivity contribution in [3.63, 3.8) is 0 Å². The zero-order valence-electron chi connectivity index (χ0n) is 18.2. The highest BCUT2D eigenvalue weighted by Crippen LogP contribution is 2.23. The zero-order valence-corrected chi connectivity index (χ0v) is 18.2. The van der Waals surface area contributed by atoms with Crippen LogP contribution in [0.4, 0.5) is 11.5 Å². The van der Waals surface area contributed by atoms with Crippen LogP contribution in [0.25, 0.3) is 11.3 Å². The Morgan fingerprint density at radius 2 is 1.59 bits per heavy atom. The third-order valence-electron chi connectivity index (χ3n) is 5.70. The molecule has 6 nitrogen and oxygen atoms in total. The Bertz CT molecular complexity index is 1040. The normalized spacial score (nSPS) is 13.9. The van der Waals surface area contributed by atoms with Gasteiger partial charge in [-0.2, -0.15) is 0 Å². The van der Waals surface area contributed by atoms with Gasteiger partial charge in [-0.25, -0.2) is 0 Å². The summed E-state index contributed by atoms with van der Waals surface area (Å²) in [5.74, 6) is 0.700. The minimum atomic E-state index is -0.186. The highest BCUT2D eigenvalue weighted by atomic mass is 16.2. The van der Waals surface area contributed by atoms with E-state index in [1.807, 2.05) is 54.6 Å². The summed E-state index contributed by atoms with van der Waals surface area (Å²) in [5, 5.41) is 11.7. The summed E-state index contributed by atoms with van der Waals surface area (Å²) in [6.07, 6.45) is 5.27. The van der Waals surface area contributed by atoms with E-state index in [1.165, 1.54) is 25.7 Å². The van der Waals surface area contributed by atoms with Gasteiger partial charge < -0.3 is 10.2 Å². The molecule has 164 valence electrons. The number of hydrogen-bond acceptors (Lipinski definition) is 5. The average molecular weight is 429 g/mol. The molecular weight excluding hydrogens is 400 g/mol. The summed E-state index contributed by atoms with van der Waals surface area (Å²) >= 11 is 0. The molecule has 1 saturated heterocycles. The van der Waals surface area contributed by atoms with E-state index < -0.39 is 0 Å². The number of benzene rings is 2. The summed E-state index contributed by atoms with van der Waals surface area (Å²) in [6, 6.07) is 20.6. The number of rotatable bonds is 7. The molecule has 6 heteroatoms. The number of anilines is 2. The summed E-state index contributed by atoms with van der Waals surface area (Å²) in [7, 11) is 0. The first kappa shape index (κ1) is 21.7. The average Bonchev–Trinajstić information content (AvgIpc) is 3.13. The van der Waals surface area contributed by atoms with E-state index in [1.54, 1.807) is 12.1 Å². The van der Waals surface area contributed by atoms with E-state index in [4.69, 9.17) is 0 Å². The van der Waals surface area contributed by atoms with Crippen LogP contribution in [0, 0.1) is 0 Å². The van der Waals surface area contributed by atoms with Gasteiger partial charge in [-0.1, -0.05) is 55.3 Å². The van der Waals surface area contributed by atoms with E-state index in [2.05, 4.69) is 20.4 Å². The highest BCUT2D eigenvalue weighted by molar-refractivity contribution is 6.00. The van der Waals surface area contributed by atoms with Gasteiger partial charge in [-0.05, 0) is 37.1 Å². The Labute approximate surface area is 188 Å². The molecule has 3 aromatic rings. The first-order chi connectivity index (χ1) is 15.7. The van der Waals surface area contributed by atoms with Crippen LogP contribution >= 0.6 is 0 Å². The van der Waals surface area contributed by atoms with Crippen molar-refractivity contribution in [2.24, 2.45) is 0 Å². The number of amides is 1. The van der Waals surface area contributed by atoms with Gasteiger partial charge in [0.2, 0.25) is 5.91 Å². The molecule has 0 radical (unpaired) electrons. The predicted molar refractivity (Wildman–Crippen MR) is 127 cm³/mol. The summed E-state index contributed by atoms with van der Waals surface area (Å²) in [5.41, 5.74) is 2.96. The third kappa shape index (κ3) is 5.78. The van der Waals surface area contributed by atoms with Crippen molar-refractivity contribution in [2.75, 3.05) is 23.3 Å². The van der Waals surface area contributed by atoms with Crippen LogP contribution < -0.4 is 10.2 Å². The van der Waals surface area contributed by atoms with Crippen molar-refractivity contribution in [3.05, 3.63) is 72.3 Å². The first-order valence-corrected chi connectivity index (χ1v) is 11.3. The molecule has 32 heavy (non-hydrogen) atoms. The molecule has 1 aromatic heterocycles. The van der Waals surface area contributed by atoms with Crippen molar-refractivity contribution in [2.45, 2.75) is 38.5 Å². The molecule has 1 N–H and O–H groups in total. The van der Waals surface area contributed by atoms with Crippen LogP contribution in [0.5, 0.6) is 0 Å². The first-order valence-electron chi connectivity index (χ1n) is 11.3. The molecule has 0 aliphatic carbocycles. The maximum absolute atomic E-state index is 12.3. The van der Waals surface area contributed by atoms with Crippen molar-refractivity contribution in [1.29, 1.82) is 0 Å². The summed E-state index contributed by atoms with van der Waals surface area (Å²) in [6.45, 7) is 2.06. The van der Waals surface area contributed by atoms with Crippen molar-refractivity contribution >= 4 is 23.2 Å². The molecule has 0 spiro atoms. The number of nitrogens with zero attached hydrogens (tertiary/aromatic N) is 3. The van der Waals surface area contributed by atoms with E-state index in [9.17, 15) is 9.59 Å². The fourth-order valence-corrected chi connectivity index (χ4v) is 3.92. The van der Waals surface area contributed by atoms with Crippen LogP contribution in [0.1, 0.15) is 48.9 Å². The number of nitrogens with one attached hydrogen (secondary N) is 1. The van der Waals surface area contributed by atoms with Gasteiger partial charge in [0.25, 0.3) is 0 Å². The molecule has 0 saturated carbocycles. The molecule has 2 aromatic carbocycles. The second-order valence-electron chi connectivity index (χ2n) is 8.10. The van der Waals surface area contributed by atoms with Crippen LogP contribution in [-0.2, 0) is 4.79 Å². The van der Waals surface area contributed by atoms with Gasteiger partial charge in [0.15, 0.2) is 11.6 Å². The maximum Gasteiger partial charge on any atom is 0.224 e. The van der Waals surface area contributed by atoms with Gasteiger partial charge >= 0.3 is 0 Å². The van der Waals surface area contributed by atoms with Crippen molar-refractivity contribution in [3.8, 4) is 11.3 Å². The second kappa shape index (κ2) is 10.7. The Morgan fingerprint density at radius 3 is 2.31 bits per heavy atom. The molecule has 1 fully saturated rings. The Morgan fingerprint density at radius 1 is 0.812 bits per heavy atom. The Kier molecular flexibility index (Phi) is 7.23. The van der Waals surface area contributed by atoms with E-state index in [-0.39, 0.29) is 24.5 Å². The fraction of sp³-hybridized carbons (Fsp3) is 0.308. The van der Waals surface area contributed by atoms with Gasteiger partial charge in [0.05, 0.1) is 5.69 Å². The summed E-state index contributed by atoms with van der Waals surface area (Å²) < 4.78 is 0. The fourth-order valence-electron chi connectivity index (χ4n) is 3.92. The number of carbonyl (C=O) groups excluding carboxylic acids is 2. The number of hydrogen-bond donors (Lipinski definition) is 1. The molecule has 4 rings (SSSR count). The molecule has 1 aliphatic heterocycles. The monoisotopic (exact) mass is 428 g/mol. The van der Waals surface area contributed by atoms with Crippen LogP contribution in [-0.4, -0.2) is 35.0 Å². The number of carbonyl (C=O) groups is 2. The lowest BCUT2D eigenvalue weighted by molar-refractivity contribution is -0.116. The molecule has 2 heterocycles. The highest BCUT2D eigenvalue weighted by Gasteiger charge is 2.13. The number of ketones is 1. The number of Topliss-reactive ketones (excluding diaryl/α,β-unsaturated/α-hetero) is 1. The van der Waals surface area contributed by atoms with E-state index >= 15 is 0 Å². The minimum Gasteiger partial charge on any atom is -0.355 e. The van der Waals surface area contributed by atoms with Crippen molar-refractivity contribution in [1.82, 2.24) is 10.2 Å². The summed E-state index contributed by atoms with van der Waals surface area (Å²) in [4.78, 5) is 26.9. The SMILES string of the molecule is O=C(CCC(=O)c1ccccc1)Nc1cccc(-c2ccc(N3CCCCCC3)nn2)c1. The predicted octanol–water partition coefficient (Wildman–Crippen LogP) is 5.13. The molecule has 0 bridgehead atoms. The van der Waals surface area contributed by atoms with Crippen LogP contribution in [0.3, 0.4) is 0 Å². The third-order valence-corrected chi connectivity index (χ3v) is 5.70. The smallest absolute Gasteiger partial charge is 0.224 e. The van der Waals surface area contributed by atoms with E-state index in [0.29, 0.717) is 11.3 Å². The lowest BCUT2D eigenvalue weighted by Crippen LogP contribution is -2.25. The molecule has 0 unspecified atom stereocenters. The molecular formula is C26H28N4O2. The molecule has 1 amide bonds. The lowest BCUT2D eigenvalue weighted by atomic mass is 10.1. The van der Waals surface area contributed by atoms with E-state index in [0.717, 1.165) is 30.2 Å². The van der Waals surface area contributed by atoms with Gasteiger partial charge in [-0.15, -0.1) is 10.2 Å². The van der Waals surface area contributed by atoms with Gasteiger partial charge in [-0.3, -0.25) is 9.59 Å². The molecule has 0 atom stereocenters. The zero-order chi connectivity index (χ0) is 22.2. The number of aromatic nitrogens is 2. The van der Waals surface area contributed by atoms with Crippen LogP contribution in [0.15, 0.2) is 66.7 Å². The van der Waals surface area contributed by atoms with Crippen molar-refractivity contribution < 1.29 is 9.59 Å². The van der Waals surface area contributed by atoms with Gasteiger partial charge in [0.1, 0.15) is 0 Å². The Hall–Kier alpha value is -3.54. The van der Waals surface area contributed by atoms with Gasteiger partial charge in [0, 0.05) is 42.7 Å². The lowest BCUT2D eigenvalue weighted by Gasteiger charge is -2.20. The second-order valence-corrected chi connectivity index (χ2v) is 8.10. The Balaban J connectivity index is 1.35.